The lowest BCUT2D eigenvalue weighted by molar-refractivity contribution is 0.538. The van der Waals surface area contributed by atoms with Crippen LogP contribution in [-0.2, 0) is 0 Å². The molecule has 0 bridgehead atoms. The maximum atomic E-state index is 4.31. The highest BCUT2D eigenvalue weighted by Gasteiger charge is 2.06. The number of benzene rings is 1. The van der Waals surface area contributed by atoms with Gasteiger partial charge in [0.15, 0.2) is 0 Å². The topological polar surface area (TPSA) is 0 Å². The van der Waals surface area contributed by atoms with Gasteiger partial charge in [0.2, 0.25) is 0 Å². The van der Waals surface area contributed by atoms with Gasteiger partial charge in [-0.25, -0.2) is 0 Å². The van der Waals surface area contributed by atoms with Gasteiger partial charge in [0.25, 0.3) is 0 Å². The molecule has 30 heavy (non-hydrogen) atoms. The second-order valence-corrected chi connectivity index (χ2v) is 10.4. The Balaban J connectivity index is 1.93. The van der Waals surface area contributed by atoms with Crippen molar-refractivity contribution in [2.45, 2.75) is 117 Å². The fraction of sp³-hybridized carbons (Fsp3) is 0.655. The molecule has 0 aliphatic heterocycles. The summed E-state index contributed by atoms with van der Waals surface area (Å²) in [7, 11) is 0. The lowest BCUT2D eigenvalue weighted by Crippen LogP contribution is -1.91. The van der Waals surface area contributed by atoms with Crippen molar-refractivity contribution >= 4 is 17.3 Å². The first-order chi connectivity index (χ1) is 14.5. The Labute approximate surface area is 193 Å². The Morgan fingerprint density at radius 3 is 1.77 bits per heavy atom. The molecular formula is C29H48S. The van der Waals surface area contributed by atoms with Crippen LogP contribution in [0.2, 0.25) is 0 Å². The molecule has 0 aliphatic rings. The first-order valence-corrected chi connectivity index (χ1v) is 13.6. The van der Waals surface area contributed by atoms with Gasteiger partial charge in [0.05, 0.1) is 0 Å². The third-order valence-corrected chi connectivity index (χ3v) is 7.03. The number of thioether (sulfide) groups is 1. The molecular weight excluding hydrogens is 380 g/mol. The lowest BCUT2D eigenvalue weighted by atomic mass is 9.97. The largest absolute Gasteiger partial charge is 0.131 e. The third-order valence-electron chi connectivity index (χ3n) is 5.99. The van der Waals surface area contributed by atoms with E-state index >= 15 is 0 Å². The van der Waals surface area contributed by atoms with Crippen LogP contribution in [0.1, 0.15) is 120 Å². The molecule has 1 heteroatoms. The van der Waals surface area contributed by atoms with E-state index in [1.54, 1.807) is 0 Å². The van der Waals surface area contributed by atoms with Gasteiger partial charge in [-0.1, -0.05) is 127 Å². The molecule has 0 saturated heterocycles. The molecule has 0 N–H and O–H groups in total. The Morgan fingerprint density at radius 1 is 0.733 bits per heavy atom. The quantitative estimate of drug-likeness (QED) is 0.197. The van der Waals surface area contributed by atoms with Crippen molar-refractivity contribution in [2.75, 3.05) is 5.75 Å². The molecule has 0 spiro atoms. The van der Waals surface area contributed by atoms with Crippen LogP contribution in [-0.4, -0.2) is 5.75 Å². The predicted octanol–water partition coefficient (Wildman–Crippen LogP) is 10.4. The second kappa shape index (κ2) is 17.7. The molecule has 0 nitrogen and oxygen atoms in total. The van der Waals surface area contributed by atoms with Crippen LogP contribution in [0.3, 0.4) is 0 Å². The third kappa shape index (κ3) is 13.4. The van der Waals surface area contributed by atoms with Crippen molar-refractivity contribution in [3.8, 4) is 0 Å². The highest BCUT2D eigenvalue weighted by Crippen LogP contribution is 2.29. The molecule has 170 valence electrons. The van der Waals surface area contributed by atoms with E-state index in [1.165, 1.54) is 123 Å². The van der Waals surface area contributed by atoms with Gasteiger partial charge in [-0.15, -0.1) is 11.8 Å². The predicted molar refractivity (Wildman–Crippen MR) is 141 cm³/mol. The van der Waals surface area contributed by atoms with Gasteiger partial charge in [-0.2, -0.15) is 0 Å². The smallest absolute Gasteiger partial charge is 0.00286 e. The number of hydrogen-bond donors (Lipinski definition) is 0. The van der Waals surface area contributed by atoms with Gasteiger partial charge >= 0.3 is 0 Å². The van der Waals surface area contributed by atoms with Crippen LogP contribution in [0.15, 0.2) is 36.3 Å². The van der Waals surface area contributed by atoms with Crippen molar-refractivity contribution < 1.29 is 0 Å². The zero-order valence-corrected chi connectivity index (χ0v) is 21.2. The van der Waals surface area contributed by atoms with E-state index in [0.29, 0.717) is 0 Å². The molecule has 0 saturated carbocycles. The molecule has 0 aliphatic carbocycles. The van der Waals surface area contributed by atoms with E-state index in [-0.39, 0.29) is 0 Å². The number of unbranched alkanes of at least 4 members (excludes halogenated alkanes) is 13. The maximum Gasteiger partial charge on any atom is 0.00286 e. The van der Waals surface area contributed by atoms with Crippen molar-refractivity contribution in [3.63, 3.8) is 0 Å². The number of hydrogen-bond acceptors (Lipinski definition) is 1. The van der Waals surface area contributed by atoms with Crippen molar-refractivity contribution in [1.29, 1.82) is 0 Å². The minimum Gasteiger partial charge on any atom is -0.131 e. The summed E-state index contributed by atoms with van der Waals surface area (Å²) in [5.74, 6) is 1.21. The molecule has 0 amide bonds. The average Bonchev–Trinajstić information content (AvgIpc) is 2.72. The van der Waals surface area contributed by atoms with Crippen LogP contribution >= 0.6 is 11.8 Å². The summed E-state index contributed by atoms with van der Waals surface area (Å²) in [5, 5.41) is 0. The van der Waals surface area contributed by atoms with Gasteiger partial charge in [-0.3, -0.25) is 0 Å². The van der Waals surface area contributed by atoms with E-state index in [1.807, 2.05) is 11.8 Å². The average molecular weight is 429 g/mol. The zero-order valence-electron chi connectivity index (χ0n) is 20.4. The molecule has 0 radical (unpaired) electrons. The van der Waals surface area contributed by atoms with E-state index in [9.17, 15) is 0 Å². The Morgan fingerprint density at radius 2 is 1.23 bits per heavy atom. The monoisotopic (exact) mass is 428 g/mol. The van der Waals surface area contributed by atoms with Crippen LogP contribution in [0.25, 0.3) is 5.57 Å². The van der Waals surface area contributed by atoms with Gasteiger partial charge in [0, 0.05) is 6.42 Å². The number of aryl methyl sites for hydroxylation is 2. The van der Waals surface area contributed by atoms with Crippen molar-refractivity contribution in [2.24, 2.45) is 0 Å². The summed E-state index contributed by atoms with van der Waals surface area (Å²) in [5.41, 5.74) is 5.12. The van der Waals surface area contributed by atoms with Gasteiger partial charge in [0.1, 0.15) is 0 Å². The molecule has 0 unspecified atom stereocenters. The van der Waals surface area contributed by atoms with Gasteiger partial charge in [-0.05, 0) is 47.6 Å². The molecule has 0 heterocycles. The van der Waals surface area contributed by atoms with Crippen LogP contribution in [0.5, 0.6) is 0 Å². The molecule has 0 atom stereocenters. The Kier molecular flexibility index (Phi) is 16.0. The summed E-state index contributed by atoms with van der Waals surface area (Å²) >= 11 is 1.94. The molecule has 1 aromatic rings. The number of rotatable bonds is 19. The lowest BCUT2D eigenvalue weighted by Gasteiger charge is -2.12. The van der Waals surface area contributed by atoms with E-state index in [4.69, 9.17) is 0 Å². The minimum atomic E-state index is 0.910. The molecule has 1 rings (SSSR count). The number of allylic oxidation sites excluding steroid dienone is 2. The van der Waals surface area contributed by atoms with E-state index in [2.05, 4.69) is 52.1 Å². The van der Waals surface area contributed by atoms with Crippen molar-refractivity contribution in [1.82, 2.24) is 0 Å². The van der Waals surface area contributed by atoms with Crippen LogP contribution in [0, 0.1) is 13.8 Å². The van der Waals surface area contributed by atoms with E-state index in [0.717, 1.165) is 6.42 Å². The molecule has 0 aromatic heterocycles. The summed E-state index contributed by atoms with van der Waals surface area (Å²) in [4.78, 5) is 1.26. The zero-order chi connectivity index (χ0) is 22.0. The van der Waals surface area contributed by atoms with Crippen LogP contribution < -0.4 is 0 Å². The molecule has 1 aromatic carbocycles. The summed E-state index contributed by atoms with van der Waals surface area (Å²) in [6.45, 7) is 15.2. The first-order valence-electron chi connectivity index (χ1n) is 12.6. The maximum absolute atomic E-state index is 4.31. The van der Waals surface area contributed by atoms with Gasteiger partial charge < -0.3 is 0 Å². The second-order valence-electron chi connectivity index (χ2n) is 9.08. The molecule has 0 fully saturated rings. The summed E-state index contributed by atoms with van der Waals surface area (Å²) < 4.78 is 0. The van der Waals surface area contributed by atoms with Crippen LogP contribution in [0.4, 0.5) is 0 Å². The Hall–Kier alpha value is -0.950. The SMILES string of the molecule is C=C(CC(=C)c1cc(C)ccc1C)SCCCCCCCCCCCCCCCC. The fourth-order valence-corrected chi connectivity index (χ4v) is 4.93. The summed E-state index contributed by atoms with van der Waals surface area (Å²) in [6.07, 6.45) is 20.8. The van der Waals surface area contributed by atoms with Crippen molar-refractivity contribution in [3.05, 3.63) is 53.0 Å². The first kappa shape index (κ1) is 27.1. The standard InChI is InChI=1S/C29H48S/c1-6-7-8-9-10-11-12-13-14-15-16-17-18-19-22-30-28(5)24-27(4)29-23-25(2)20-21-26(29)3/h20-21,23H,4-19,22,24H2,1-3H3. The highest BCUT2D eigenvalue weighted by atomic mass is 32.2. The fourth-order valence-electron chi connectivity index (χ4n) is 4.01. The normalized spacial score (nSPS) is 11.0. The highest BCUT2D eigenvalue weighted by molar-refractivity contribution is 8.03. The van der Waals surface area contributed by atoms with E-state index < -0.39 is 0 Å². The minimum absolute atomic E-state index is 0.910. The summed E-state index contributed by atoms with van der Waals surface area (Å²) in [6, 6.07) is 6.62. The Bertz CT molecular complexity index is 598.